The molecule has 0 saturated heterocycles. The Morgan fingerprint density at radius 1 is 1.12 bits per heavy atom. The molecule has 0 radical (unpaired) electrons. The second kappa shape index (κ2) is 9.38. The highest BCUT2D eigenvalue weighted by Crippen LogP contribution is 2.21. The van der Waals surface area contributed by atoms with Crippen LogP contribution in [0.3, 0.4) is 0 Å². The first-order chi connectivity index (χ1) is 12.4. The summed E-state index contributed by atoms with van der Waals surface area (Å²) in [4.78, 5) is 25.0. The Balaban J connectivity index is 1.78. The van der Waals surface area contributed by atoms with Crippen molar-refractivity contribution in [3.8, 4) is 0 Å². The van der Waals surface area contributed by atoms with Gasteiger partial charge < -0.3 is 10.1 Å². The van der Waals surface area contributed by atoms with E-state index >= 15 is 0 Å². The van der Waals surface area contributed by atoms with E-state index in [0.717, 1.165) is 21.7 Å². The summed E-state index contributed by atoms with van der Waals surface area (Å²) in [6.45, 7) is 5.37. The van der Waals surface area contributed by atoms with Gasteiger partial charge in [-0.05, 0) is 56.2 Å². The molecule has 4 nitrogen and oxygen atoms in total. The fraction of sp³-hybridized carbons (Fsp3) is 0.300. The van der Waals surface area contributed by atoms with Crippen molar-refractivity contribution in [1.82, 2.24) is 0 Å². The summed E-state index contributed by atoms with van der Waals surface area (Å²) in [7, 11) is 0. The molecule has 6 heteroatoms. The number of aryl methyl sites for hydroxylation is 2. The molecule has 0 bridgehead atoms. The van der Waals surface area contributed by atoms with Crippen LogP contribution < -0.4 is 5.32 Å². The molecule has 138 valence electrons. The van der Waals surface area contributed by atoms with Crippen molar-refractivity contribution in [1.29, 1.82) is 0 Å². The number of para-hydroxylation sites is 1. The van der Waals surface area contributed by atoms with Crippen molar-refractivity contribution < 1.29 is 18.7 Å². The zero-order chi connectivity index (χ0) is 19.1. The number of hydrogen-bond donors (Lipinski definition) is 1. The minimum absolute atomic E-state index is 0.170. The van der Waals surface area contributed by atoms with Crippen LogP contribution in [0.1, 0.15) is 24.5 Å². The highest BCUT2D eigenvalue weighted by Gasteiger charge is 2.19. The average molecular weight is 375 g/mol. The van der Waals surface area contributed by atoms with E-state index in [4.69, 9.17) is 4.74 Å². The van der Waals surface area contributed by atoms with Crippen LogP contribution in [-0.2, 0) is 14.3 Å². The van der Waals surface area contributed by atoms with Gasteiger partial charge in [0.2, 0.25) is 0 Å². The topological polar surface area (TPSA) is 55.4 Å². The van der Waals surface area contributed by atoms with Gasteiger partial charge in [0.1, 0.15) is 5.82 Å². The first-order valence-corrected chi connectivity index (χ1v) is 9.30. The van der Waals surface area contributed by atoms with Gasteiger partial charge in [0.25, 0.3) is 5.91 Å². The largest absolute Gasteiger partial charge is 0.453 e. The van der Waals surface area contributed by atoms with Crippen molar-refractivity contribution in [2.24, 2.45) is 0 Å². The molecule has 0 saturated carbocycles. The second-order valence-corrected chi connectivity index (χ2v) is 7.11. The quantitative estimate of drug-likeness (QED) is 0.572. The molecule has 1 N–H and O–H groups in total. The van der Waals surface area contributed by atoms with Crippen LogP contribution in [-0.4, -0.2) is 23.7 Å². The predicted octanol–water partition coefficient (Wildman–Crippen LogP) is 4.50. The smallest absolute Gasteiger partial charge is 0.307 e. The number of carbonyl (C=O) groups excluding carboxylic acids is 2. The van der Waals surface area contributed by atoms with Crippen LogP contribution in [0.2, 0.25) is 0 Å². The normalized spacial score (nSPS) is 11.7. The Kier molecular flexibility index (Phi) is 7.21. The number of nitrogens with one attached hydrogen (secondary N) is 1. The van der Waals surface area contributed by atoms with Gasteiger partial charge in [-0.15, -0.1) is 11.8 Å². The summed E-state index contributed by atoms with van der Waals surface area (Å²) < 4.78 is 18.0. The lowest BCUT2D eigenvalue weighted by Crippen LogP contribution is -2.30. The van der Waals surface area contributed by atoms with Crippen molar-refractivity contribution in [2.75, 3.05) is 11.1 Å². The standard InChI is InChI=1S/C20H22FNO3S/c1-13-5-4-6-14(2)19(13)22-20(24)15(3)25-18(23)11-12-26-17-9-7-16(21)8-10-17/h4-10,15H,11-12H2,1-3H3,(H,22,24)/t15-/m0/s1. The molecule has 1 amide bonds. The monoisotopic (exact) mass is 375 g/mol. The van der Waals surface area contributed by atoms with Crippen LogP contribution in [0.5, 0.6) is 0 Å². The maximum Gasteiger partial charge on any atom is 0.307 e. The number of halogens is 1. The first kappa shape index (κ1) is 20.0. The number of benzene rings is 2. The zero-order valence-electron chi connectivity index (χ0n) is 15.0. The van der Waals surface area contributed by atoms with Crippen molar-refractivity contribution >= 4 is 29.3 Å². The third kappa shape index (κ3) is 5.88. The number of hydrogen-bond acceptors (Lipinski definition) is 4. The lowest BCUT2D eigenvalue weighted by atomic mass is 10.1. The van der Waals surface area contributed by atoms with E-state index in [1.807, 2.05) is 32.0 Å². The minimum atomic E-state index is -0.877. The van der Waals surface area contributed by atoms with Crippen molar-refractivity contribution in [2.45, 2.75) is 38.2 Å². The summed E-state index contributed by atoms with van der Waals surface area (Å²) in [6.07, 6.45) is -0.708. The molecule has 0 aliphatic heterocycles. The van der Waals surface area contributed by atoms with Gasteiger partial charge in [0.15, 0.2) is 6.10 Å². The Morgan fingerprint density at radius 2 is 1.73 bits per heavy atom. The Labute approximate surface area is 157 Å². The van der Waals surface area contributed by atoms with Gasteiger partial charge in [-0.2, -0.15) is 0 Å². The molecule has 2 aromatic carbocycles. The molecule has 0 aliphatic carbocycles. The molecule has 1 atom stereocenters. The SMILES string of the molecule is Cc1cccc(C)c1NC(=O)[C@H](C)OC(=O)CCSc1ccc(F)cc1. The van der Waals surface area contributed by atoms with Crippen LogP contribution >= 0.6 is 11.8 Å². The van der Waals surface area contributed by atoms with E-state index in [0.29, 0.717) is 5.75 Å². The molecular formula is C20H22FNO3S. The van der Waals surface area contributed by atoms with Gasteiger partial charge in [0.05, 0.1) is 6.42 Å². The van der Waals surface area contributed by atoms with E-state index in [9.17, 15) is 14.0 Å². The van der Waals surface area contributed by atoms with Gasteiger partial charge in [-0.3, -0.25) is 9.59 Å². The third-order valence-electron chi connectivity index (χ3n) is 3.80. The highest BCUT2D eigenvalue weighted by molar-refractivity contribution is 7.99. The fourth-order valence-corrected chi connectivity index (χ4v) is 3.16. The van der Waals surface area contributed by atoms with Gasteiger partial charge in [-0.1, -0.05) is 18.2 Å². The molecular weight excluding hydrogens is 353 g/mol. The van der Waals surface area contributed by atoms with Crippen LogP contribution in [0.4, 0.5) is 10.1 Å². The van der Waals surface area contributed by atoms with E-state index in [-0.39, 0.29) is 18.1 Å². The van der Waals surface area contributed by atoms with Gasteiger partial charge in [-0.25, -0.2) is 4.39 Å². The molecule has 2 aromatic rings. The molecule has 2 rings (SSSR count). The maximum absolute atomic E-state index is 12.8. The third-order valence-corrected chi connectivity index (χ3v) is 4.81. The summed E-state index contributed by atoms with van der Waals surface area (Å²) in [5.41, 5.74) is 2.65. The van der Waals surface area contributed by atoms with E-state index in [1.165, 1.54) is 23.9 Å². The summed E-state index contributed by atoms with van der Waals surface area (Å²) in [5.74, 6) is -0.599. The summed E-state index contributed by atoms with van der Waals surface area (Å²) in [6, 6.07) is 11.8. The number of rotatable bonds is 7. The average Bonchev–Trinajstić information content (AvgIpc) is 2.59. The Bertz CT molecular complexity index is 757. The molecule has 26 heavy (non-hydrogen) atoms. The fourth-order valence-electron chi connectivity index (χ4n) is 2.33. The second-order valence-electron chi connectivity index (χ2n) is 5.94. The number of ether oxygens (including phenoxy) is 1. The Morgan fingerprint density at radius 3 is 2.35 bits per heavy atom. The van der Waals surface area contributed by atoms with E-state index in [1.54, 1.807) is 19.1 Å². The number of thioether (sulfide) groups is 1. The van der Waals surface area contributed by atoms with Crippen molar-refractivity contribution in [3.63, 3.8) is 0 Å². The van der Waals surface area contributed by atoms with E-state index < -0.39 is 12.1 Å². The predicted molar refractivity (Wildman–Crippen MR) is 102 cm³/mol. The molecule has 0 fully saturated rings. The molecule has 0 unspecified atom stereocenters. The molecule has 0 aromatic heterocycles. The minimum Gasteiger partial charge on any atom is -0.453 e. The summed E-state index contributed by atoms with van der Waals surface area (Å²) >= 11 is 1.43. The van der Waals surface area contributed by atoms with E-state index in [2.05, 4.69) is 5.32 Å². The number of anilines is 1. The van der Waals surface area contributed by atoms with Crippen LogP contribution in [0.25, 0.3) is 0 Å². The lowest BCUT2D eigenvalue weighted by molar-refractivity contribution is -0.152. The highest BCUT2D eigenvalue weighted by atomic mass is 32.2. The van der Waals surface area contributed by atoms with Crippen molar-refractivity contribution in [3.05, 3.63) is 59.4 Å². The van der Waals surface area contributed by atoms with Crippen LogP contribution in [0, 0.1) is 19.7 Å². The molecule has 0 heterocycles. The molecule has 0 spiro atoms. The first-order valence-electron chi connectivity index (χ1n) is 8.31. The number of esters is 1. The van der Waals surface area contributed by atoms with Gasteiger partial charge in [0, 0.05) is 16.3 Å². The number of amides is 1. The number of carbonyl (C=O) groups is 2. The van der Waals surface area contributed by atoms with Crippen LogP contribution in [0.15, 0.2) is 47.4 Å². The molecule has 0 aliphatic rings. The maximum atomic E-state index is 12.8. The summed E-state index contributed by atoms with van der Waals surface area (Å²) in [5, 5.41) is 2.81. The van der Waals surface area contributed by atoms with Gasteiger partial charge >= 0.3 is 5.97 Å². The lowest BCUT2D eigenvalue weighted by Gasteiger charge is -2.16. The zero-order valence-corrected chi connectivity index (χ0v) is 15.9. The Hall–Kier alpha value is -2.34.